The monoisotopic (exact) mass is 374 g/mol. The molecule has 2 heterocycles. The number of rotatable bonds is 7. The molecule has 0 saturated carbocycles. The molecular formula is C19H26N4O2S. The Morgan fingerprint density at radius 1 is 1.42 bits per heavy atom. The zero-order valence-electron chi connectivity index (χ0n) is 15.4. The molecule has 1 atom stereocenters. The molecule has 3 rings (SSSR count). The number of aromatic nitrogens is 3. The fourth-order valence-electron chi connectivity index (χ4n) is 3.45. The van der Waals surface area contributed by atoms with Gasteiger partial charge in [-0.3, -0.25) is 4.90 Å². The number of thioether (sulfide) groups is 1. The van der Waals surface area contributed by atoms with Gasteiger partial charge in [0.2, 0.25) is 0 Å². The summed E-state index contributed by atoms with van der Waals surface area (Å²) < 4.78 is 7.32. The second-order valence-electron chi connectivity index (χ2n) is 6.54. The first-order chi connectivity index (χ1) is 12.6. The smallest absolute Gasteiger partial charge is 0.191 e. The molecule has 0 unspecified atom stereocenters. The summed E-state index contributed by atoms with van der Waals surface area (Å²) in [5, 5.41) is 20.0. The van der Waals surface area contributed by atoms with Crippen LogP contribution >= 0.6 is 11.8 Å². The minimum Gasteiger partial charge on any atom is -0.504 e. The number of phenolic OH excluding ortho intramolecular Hbond substituents is 1. The van der Waals surface area contributed by atoms with E-state index < -0.39 is 0 Å². The summed E-state index contributed by atoms with van der Waals surface area (Å²) in [7, 11) is 3.61. The summed E-state index contributed by atoms with van der Waals surface area (Å²) in [5.41, 5.74) is 0.894. The average molecular weight is 375 g/mol. The van der Waals surface area contributed by atoms with Crippen molar-refractivity contribution in [2.75, 3.05) is 26.0 Å². The largest absolute Gasteiger partial charge is 0.504 e. The average Bonchev–Trinajstić information content (AvgIpc) is 3.02. The van der Waals surface area contributed by atoms with Crippen molar-refractivity contribution in [3.8, 4) is 11.5 Å². The molecule has 7 heteroatoms. The number of methoxy groups -OCH3 is 1. The van der Waals surface area contributed by atoms with Gasteiger partial charge in [0.25, 0.3) is 0 Å². The molecule has 1 fully saturated rings. The standard InChI is InChI=1S/C19H26N4O2S/c1-4-11-26-19-21-20-18(22(19)2)15-8-6-10-23(13-15)12-14-7-5-9-16(25-3)17(14)24/h4-5,7,9,15,24H,1,6,8,10-13H2,2-3H3/t15-/m1/s1. The zero-order valence-corrected chi connectivity index (χ0v) is 16.2. The molecule has 26 heavy (non-hydrogen) atoms. The van der Waals surface area contributed by atoms with E-state index in [0.29, 0.717) is 18.2 Å². The lowest BCUT2D eigenvalue weighted by atomic mass is 9.96. The van der Waals surface area contributed by atoms with Gasteiger partial charge in [0.15, 0.2) is 16.7 Å². The highest BCUT2D eigenvalue weighted by Crippen LogP contribution is 2.33. The molecule has 0 bridgehead atoms. The van der Waals surface area contributed by atoms with E-state index in [1.54, 1.807) is 24.9 Å². The summed E-state index contributed by atoms with van der Waals surface area (Å²) in [5.74, 6) is 2.98. The molecule has 1 N–H and O–H groups in total. The van der Waals surface area contributed by atoms with Crippen molar-refractivity contribution >= 4 is 11.8 Å². The van der Waals surface area contributed by atoms with Crippen LogP contribution in [0, 0.1) is 0 Å². The van der Waals surface area contributed by atoms with E-state index in [1.807, 2.05) is 25.3 Å². The lowest BCUT2D eigenvalue weighted by molar-refractivity contribution is 0.192. The lowest BCUT2D eigenvalue weighted by Gasteiger charge is -2.32. The SMILES string of the molecule is C=CCSc1nnc([C@@H]2CCCN(Cc3cccc(OC)c3O)C2)n1C. The van der Waals surface area contributed by atoms with Gasteiger partial charge in [-0.25, -0.2) is 0 Å². The molecule has 0 spiro atoms. The molecule has 140 valence electrons. The molecule has 0 amide bonds. The van der Waals surface area contributed by atoms with Crippen molar-refractivity contribution in [2.45, 2.75) is 30.5 Å². The van der Waals surface area contributed by atoms with E-state index in [0.717, 1.165) is 48.2 Å². The highest BCUT2D eigenvalue weighted by Gasteiger charge is 2.26. The number of ether oxygens (including phenoxy) is 1. The van der Waals surface area contributed by atoms with Crippen molar-refractivity contribution in [3.63, 3.8) is 0 Å². The maximum Gasteiger partial charge on any atom is 0.191 e. The molecule has 0 aliphatic carbocycles. The minimum atomic E-state index is 0.235. The maximum absolute atomic E-state index is 10.3. The summed E-state index contributed by atoms with van der Waals surface area (Å²) >= 11 is 1.65. The van der Waals surface area contributed by atoms with Gasteiger partial charge in [-0.05, 0) is 25.5 Å². The highest BCUT2D eigenvalue weighted by atomic mass is 32.2. The van der Waals surface area contributed by atoms with E-state index in [1.165, 1.54) is 0 Å². The normalized spacial score (nSPS) is 18.0. The van der Waals surface area contributed by atoms with Crippen LogP contribution in [0.2, 0.25) is 0 Å². The second-order valence-corrected chi connectivity index (χ2v) is 7.53. The van der Waals surface area contributed by atoms with Crippen LogP contribution in [0.5, 0.6) is 11.5 Å². The van der Waals surface area contributed by atoms with E-state index in [9.17, 15) is 5.11 Å². The number of benzene rings is 1. The molecule has 0 radical (unpaired) electrons. The second kappa shape index (κ2) is 8.60. The predicted molar refractivity (Wildman–Crippen MR) is 104 cm³/mol. The Morgan fingerprint density at radius 3 is 3.04 bits per heavy atom. The molecule has 6 nitrogen and oxygen atoms in total. The Balaban J connectivity index is 1.70. The van der Waals surface area contributed by atoms with Gasteiger partial charge in [-0.15, -0.1) is 16.8 Å². The Kier molecular flexibility index (Phi) is 6.21. The minimum absolute atomic E-state index is 0.235. The summed E-state index contributed by atoms with van der Waals surface area (Å²) in [6.45, 7) is 6.39. The van der Waals surface area contributed by atoms with Crippen molar-refractivity contribution in [3.05, 3.63) is 42.2 Å². The third kappa shape index (κ3) is 4.04. The van der Waals surface area contributed by atoms with Gasteiger partial charge in [-0.2, -0.15) is 0 Å². The van der Waals surface area contributed by atoms with E-state index in [2.05, 4.69) is 26.2 Å². The number of likely N-dealkylation sites (tertiary alicyclic amines) is 1. The van der Waals surface area contributed by atoms with Crippen LogP contribution in [0.1, 0.15) is 30.1 Å². The molecule has 2 aromatic rings. The number of hydrogen-bond acceptors (Lipinski definition) is 6. The van der Waals surface area contributed by atoms with Crippen LogP contribution in [0.3, 0.4) is 0 Å². The first kappa shape index (κ1) is 18.8. The number of para-hydroxylation sites is 1. The number of piperidine rings is 1. The van der Waals surface area contributed by atoms with Crippen LogP contribution < -0.4 is 4.74 Å². The van der Waals surface area contributed by atoms with E-state index in [4.69, 9.17) is 4.74 Å². The molecule has 1 aliphatic heterocycles. The van der Waals surface area contributed by atoms with Gasteiger partial charge in [0, 0.05) is 37.4 Å². The van der Waals surface area contributed by atoms with E-state index in [-0.39, 0.29) is 5.75 Å². The van der Waals surface area contributed by atoms with Crippen molar-refractivity contribution < 1.29 is 9.84 Å². The Hall–Kier alpha value is -1.99. The van der Waals surface area contributed by atoms with Gasteiger partial charge >= 0.3 is 0 Å². The quantitative estimate of drug-likeness (QED) is 0.593. The topological polar surface area (TPSA) is 63.4 Å². The molecule has 1 aromatic heterocycles. The van der Waals surface area contributed by atoms with Crippen molar-refractivity contribution in [1.29, 1.82) is 0 Å². The summed E-state index contributed by atoms with van der Waals surface area (Å²) in [6, 6.07) is 5.65. The maximum atomic E-state index is 10.3. The summed E-state index contributed by atoms with van der Waals surface area (Å²) in [4.78, 5) is 2.37. The number of phenols is 1. The van der Waals surface area contributed by atoms with Crippen LogP contribution in [0.4, 0.5) is 0 Å². The zero-order chi connectivity index (χ0) is 18.5. The molecular weight excluding hydrogens is 348 g/mol. The Bertz CT molecular complexity index is 762. The van der Waals surface area contributed by atoms with Gasteiger partial charge in [-0.1, -0.05) is 30.0 Å². The van der Waals surface area contributed by atoms with Crippen molar-refractivity contribution in [1.82, 2.24) is 19.7 Å². The Labute approximate surface area is 158 Å². The van der Waals surface area contributed by atoms with Crippen LogP contribution in [-0.2, 0) is 13.6 Å². The highest BCUT2D eigenvalue weighted by molar-refractivity contribution is 7.99. The van der Waals surface area contributed by atoms with Crippen LogP contribution in [-0.4, -0.2) is 50.7 Å². The van der Waals surface area contributed by atoms with Gasteiger partial charge in [0.05, 0.1) is 7.11 Å². The number of hydrogen-bond donors (Lipinski definition) is 1. The lowest BCUT2D eigenvalue weighted by Crippen LogP contribution is -2.34. The van der Waals surface area contributed by atoms with Crippen molar-refractivity contribution in [2.24, 2.45) is 7.05 Å². The summed E-state index contributed by atoms with van der Waals surface area (Å²) in [6.07, 6.45) is 4.10. The molecule has 1 aliphatic rings. The fourth-order valence-corrected chi connectivity index (χ4v) is 4.10. The van der Waals surface area contributed by atoms with Gasteiger partial charge in [0.1, 0.15) is 5.82 Å². The third-order valence-corrected chi connectivity index (χ3v) is 5.78. The van der Waals surface area contributed by atoms with Crippen LogP contribution in [0.15, 0.2) is 36.0 Å². The fraction of sp³-hybridized carbons (Fsp3) is 0.474. The molecule has 1 aromatic carbocycles. The van der Waals surface area contributed by atoms with Gasteiger partial charge < -0.3 is 14.4 Å². The number of aromatic hydroxyl groups is 1. The molecule has 1 saturated heterocycles. The van der Waals surface area contributed by atoms with E-state index >= 15 is 0 Å². The third-order valence-electron chi connectivity index (χ3n) is 4.77. The van der Waals surface area contributed by atoms with Crippen LogP contribution in [0.25, 0.3) is 0 Å². The predicted octanol–water partition coefficient (Wildman–Crippen LogP) is 3.19. The first-order valence-corrected chi connectivity index (χ1v) is 9.82. The first-order valence-electron chi connectivity index (χ1n) is 8.84. The Morgan fingerprint density at radius 2 is 2.27 bits per heavy atom. The number of nitrogens with zero attached hydrogens (tertiary/aromatic N) is 4.